The summed E-state index contributed by atoms with van der Waals surface area (Å²) >= 11 is 6.73. The summed E-state index contributed by atoms with van der Waals surface area (Å²) in [5.41, 5.74) is 1.03. The topological polar surface area (TPSA) is 55.4 Å². The number of hydrogen-bond donors (Lipinski definition) is 1. The number of rotatable bonds is 5. The zero-order valence-electron chi connectivity index (χ0n) is 11.8. The Morgan fingerprint density at radius 1 is 1.23 bits per heavy atom. The van der Waals surface area contributed by atoms with Crippen LogP contribution in [0.5, 0.6) is 5.75 Å². The number of sulfonamides is 1. The average Bonchev–Trinajstić information content (AvgIpc) is 2.92. The fourth-order valence-corrected chi connectivity index (χ4v) is 4.04. The lowest BCUT2D eigenvalue weighted by Gasteiger charge is -2.04. The van der Waals surface area contributed by atoms with Crippen LogP contribution in [0.4, 0.5) is 0 Å². The van der Waals surface area contributed by atoms with Crippen LogP contribution in [0.25, 0.3) is 0 Å². The molecule has 1 heterocycles. The van der Waals surface area contributed by atoms with Gasteiger partial charge in [0.05, 0.1) is 10.9 Å². The van der Waals surface area contributed by atoms with E-state index in [1.807, 2.05) is 31.2 Å². The Labute approximate surface area is 139 Å². The lowest BCUT2D eigenvalue weighted by atomic mass is 10.2. The van der Waals surface area contributed by atoms with E-state index in [1.54, 1.807) is 6.07 Å². The summed E-state index contributed by atoms with van der Waals surface area (Å²) in [7, 11) is -3.54. The van der Waals surface area contributed by atoms with Crippen LogP contribution in [0.15, 0.2) is 40.6 Å². The van der Waals surface area contributed by atoms with E-state index >= 15 is 0 Å². The molecule has 0 bridgehead atoms. The van der Waals surface area contributed by atoms with Gasteiger partial charge in [-0.25, -0.2) is 8.42 Å². The molecule has 1 aromatic heterocycles. The van der Waals surface area contributed by atoms with Crippen LogP contribution in [0.2, 0.25) is 4.34 Å². The van der Waals surface area contributed by atoms with Crippen LogP contribution in [-0.2, 0) is 10.0 Å². The Hall–Kier alpha value is -1.52. The standard InChI is InChI=1S/C15H14ClNO3S2/c1-12-6-2-3-7-13(12)20-11-5-4-10-17-22(18,19)15-9-8-14(16)21-15/h2-3,6-9,17H,10-11H2,1H3. The third-order valence-electron chi connectivity index (χ3n) is 2.68. The summed E-state index contributed by atoms with van der Waals surface area (Å²) in [4.78, 5) is 0. The van der Waals surface area contributed by atoms with E-state index in [-0.39, 0.29) is 17.4 Å². The molecule has 0 amide bonds. The molecule has 2 aromatic rings. The van der Waals surface area contributed by atoms with Crippen molar-refractivity contribution in [2.45, 2.75) is 11.1 Å². The van der Waals surface area contributed by atoms with E-state index in [1.165, 1.54) is 6.07 Å². The molecule has 0 spiro atoms. The molecule has 2 rings (SSSR count). The van der Waals surface area contributed by atoms with Crippen molar-refractivity contribution in [2.24, 2.45) is 0 Å². The van der Waals surface area contributed by atoms with E-state index in [9.17, 15) is 8.42 Å². The summed E-state index contributed by atoms with van der Waals surface area (Å²) < 4.78 is 32.3. The second kappa shape index (κ2) is 7.65. The molecule has 1 aromatic carbocycles. The molecule has 0 saturated heterocycles. The molecule has 0 fully saturated rings. The van der Waals surface area contributed by atoms with E-state index in [0.29, 0.717) is 4.34 Å². The maximum absolute atomic E-state index is 11.9. The Morgan fingerprint density at radius 3 is 2.68 bits per heavy atom. The van der Waals surface area contributed by atoms with Gasteiger partial charge in [-0.1, -0.05) is 41.6 Å². The van der Waals surface area contributed by atoms with E-state index in [0.717, 1.165) is 22.6 Å². The molecule has 0 saturated carbocycles. The Morgan fingerprint density at radius 2 is 2.00 bits per heavy atom. The van der Waals surface area contributed by atoms with Crippen LogP contribution < -0.4 is 9.46 Å². The summed E-state index contributed by atoms with van der Waals surface area (Å²) in [5, 5.41) is 0. The molecular weight excluding hydrogens is 342 g/mol. The van der Waals surface area contributed by atoms with E-state index < -0.39 is 10.0 Å². The molecule has 22 heavy (non-hydrogen) atoms. The van der Waals surface area contributed by atoms with Gasteiger partial charge in [0.25, 0.3) is 10.0 Å². The minimum Gasteiger partial charge on any atom is -0.481 e. The lowest BCUT2D eigenvalue weighted by molar-refractivity contribution is 0.367. The highest BCUT2D eigenvalue weighted by Gasteiger charge is 2.14. The van der Waals surface area contributed by atoms with Gasteiger partial charge in [0.1, 0.15) is 16.6 Å². The largest absolute Gasteiger partial charge is 0.481 e. The molecule has 0 atom stereocenters. The first kappa shape index (κ1) is 16.8. The van der Waals surface area contributed by atoms with Gasteiger partial charge in [0, 0.05) is 0 Å². The first-order chi connectivity index (χ1) is 10.5. The second-order valence-corrected chi connectivity index (χ2v) is 8.00. The normalized spacial score (nSPS) is 10.8. The van der Waals surface area contributed by atoms with Crippen molar-refractivity contribution in [3.63, 3.8) is 0 Å². The van der Waals surface area contributed by atoms with Gasteiger partial charge < -0.3 is 4.74 Å². The van der Waals surface area contributed by atoms with Crippen molar-refractivity contribution in [1.82, 2.24) is 4.72 Å². The molecule has 0 radical (unpaired) electrons. The zero-order chi connectivity index (χ0) is 16.0. The predicted octanol–water partition coefficient (Wildman–Crippen LogP) is 3.07. The highest BCUT2D eigenvalue weighted by atomic mass is 35.5. The molecule has 0 aliphatic heterocycles. The van der Waals surface area contributed by atoms with Crippen LogP contribution in [0.3, 0.4) is 0 Å². The highest BCUT2D eigenvalue weighted by Crippen LogP contribution is 2.25. The number of para-hydroxylation sites is 1. The summed E-state index contributed by atoms with van der Waals surface area (Å²) in [6, 6.07) is 10.6. The second-order valence-electron chi connectivity index (χ2n) is 4.29. The van der Waals surface area contributed by atoms with Crippen molar-refractivity contribution in [3.05, 3.63) is 46.3 Å². The van der Waals surface area contributed by atoms with Gasteiger partial charge in [0.15, 0.2) is 0 Å². The Bertz CT molecular complexity index is 803. The number of thiophene rings is 1. The Kier molecular flexibility index (Phi) is 5.86. The van der Waals surface area contributed by atoms with Gasteiger partial charge in [-0.05, 0) is 30.7 Å². The number of nitrogens with one attached hydrogen (secondary N) is 1. The highest BCUT2D eigenvalue weighted by molar-refractivity contribution is 7.91. The Balaban J connectivity index is 1.81. The smallest absolute Gasteiger partial charge is 0.250 e. The maximum Gasteiger partial charge on any atom is 0.250 e. The van der Waals surface area contributed by atoms with Crippen LogP contribution >= 0.6 is 22.9 Å². The van der Waals surface area contributed by atoms with Crippen molar-refractivity contribution < 1.29 is 13.2 Å². The van der Waals surface area contributed by atoms with Crippen LogP contribution in [0.1, 0.15) is 5.56 Å². The predicted molar refractivity (Wildman–Crippen MR) is 89.0 cm³/mol. The lowest BCUT2D eigenvalue weighted by Crippen LogP contribution is -2.23. The van der Waals surface area contributed by atoms with Crippen molar-refractivity contribution in [2.75, 3.05) is 13.2 Å². The molecular formula is C15H14ClNO3S2. The maximum atomic E-state index is 11.9. The molecule has 0 aliphatic carbocycles. The van der Waals surface area contributed by atoms with Crippen LogP contribution in [-0.4, -0.2) is 21.6 Å². The van der Waals surface area contributed by atoms with Gasteiger partial charge in [-0.3, -0.25) is 0 Å². The molecule has 4 nitrogen and oxygen atoms in total. The summed E-state index contributed by atoms with van der Waals surface area (Å²) in [5.74, 6) is 6.25. The molecule has 0 aliphatic rings. The van der Waals surface area contributed by atoms with E-state index in [4.69, 9.17) is 16.3 Å². The fourth-order valence-electron chi connectivity index (χ4n) is 1.59. The van der Waals surface area contributed by atoms with Gasteiger partial charge >= 0.3 is 0 Å². The first-order valence-electron chi connectivity index (χ1n) is 6.38. The minimum atomic E-state index is -3.54. The summed E-state index contributed by atoms with van der Waals surface area (Å²) in [6.45, 7) is 2.18. The molecule has 1 N–H and O–H groups in total. The third-order valence-corrected chi connectivity index (χ3v) is 5.81. The minimum absolute atomic E-state index is 0.0228. The van der Waals surface area contributed by atoms with Crippen molar-refractivity contribution in [3.8, 4) is 17.6 Å². The quantitative estimate of drug-likeness (QED) is 0.838. The zero-order valence-corrected chi connectivity index (χ0v) is 14.2. The van der Waals surface area contributed by atoms with Gasteiger partial charge in [0.2, 0.25) is 0 Å². The van der Waals surface area contributed by atoms with Gasteiger partial charge in [-0.2, -0.15) is 4.72 Å². The fraction of sp³-hybridized carbons (Fsp3) is 0.200. The summed E-state index contributed by atoms with van der Waals surface area (Å²) in [6.07, 6.45) is 0. The van der Waals surface area contributed by atoms with Crippen LogP contribution in [0, 0.1) is 18.8 Å². The van der Waals surface area contributed by atoms with Crippen molar-refractivity contribution >= 4 is 33.0 Å². The average molecular weight is 356 g/mol. The number of aryl methyl sites for hydroxylation is 1. The molecule has 0 unspecified atom stereocenters. The van der Waals surface area contributed by atoms with Crippen molar-refractivity contribution in [1.29, 1.82) is 0 Å². The number of benzene rings is 1. The number of ether oxygens (including phenoxy) is 1. The molecule has 116 valence electrons. The number of hydrogen-bond acceptors (Lipinski definition) is 4. The SMILES string of the molecule is Cc1ccccc1OCC#CCNS(=O)(=O)c1ccc(Cl)s1. The third kappa shape index (κ3) is 4.75. The molecule has 7 heteroatoms. The van der Waals surface area contributed by atoms with E-state index in [2.05, 4.69) is 16.6 Å². The first-order valence-corrected chi connectivity index (χ1v) is 9.06. The monoisotopic (exact) mass is 355 g/mol. The van der Waals surface area contributed by atoms with Gasteiger partial charge in [-0.15, -0.1) is 11.3 Å². The number of halogens is 1.